The molecule has 1 aliphatic rings. The van der Waals surface area contributed by atoms with E-state index in [0.29, 0.717) is 5.56 Å². The smallest absolute Gasteiger partial charge is 0.404 e. The molecular weight excluding hydrogens is 362 g/mol. The molecule has 1 aliphatic carbocycles. The molecule has 3 rings (SSSR count). The first-order valence-corrected chi connectivity index (χ1v) is 10.3. The van der Waals surface area contributed by atoms with Crippen LogP contribution >= 0.6 is 11.3 Å². The van der Waals surface area contributed by atoms with Crippen molar-refractivity contribution in [1.82, 2.24) is 10.3 Å². The number of rotatable bonds is 4. The normalized spacial score (nSPS) is 21.0. The van der Waals surface area contributed by atoms with E-state index in [1.807, 2.05) is 0 Å². The molecule has 4 N–H and O–H groups in total. The molecule has 134 valence electrons. The molecule has 0 atom stereocenters. The van der Waals surface area contributed by atoms with Crippen LogP contribution < -0.4 is 10.5 Å². The van der Waals surface area contributed by atoms with Gasteiger partial charge in [0.25, 0.3) is 0 Å². The lowest BCUT2D eigenvalue weighted by Gasteiger charge is -2.27. The van der Waals surface area contributed by atoms with Gasteiger partial charge in [-0.05, 0) is 31.7 Å². The van der Waals surface area contributed by atoms with Gasteiger partial charge >= 0.3 is 6.09 Å². The highest BCUT2D eigenvalue weighted by molar-refractivity contribution is 7.89. The van der Waals surface area contributed by atoms with Crippen LogP contribution in [0.25, 0.3) is 10.4 Å². The fourth-order valence-corrected chi connectivity index (χ4v) is 5.12. The Balaban J connectivity index is 1.78. The van der Waals surface area contributed by atoms with Crippen LogP contribution in [0.5, 0.6) is 0 Å². The molecular formula is C16H19N3O4S2. The third-order valence-electron chi connectivity index (χ3n) is 4.39. The Morgan fingerprint density at radius 3 is 2.56 bits per heavy atom. The summed E-state index contributed by atoms with van der Waals surface area (Å²) in [5.41, 5.74) is 0.565. The molecule has 0 bridgehead atoms. The summed E-state index contributed by atoms with van der Waals surface area (Å²) in [5.74, 6) is 0.271. The third kappa shape index (κ3) is 4.17. The lowest BCUT2D eigenvalue weighted by molar-refractivity contribution is 0.185. The molecule has 0 saturated heterocycles. The van der Waals surface area contributed by atoms with Crippen LogP contribution in [0.15, 0.2) is 35.4 Å². The van der Waals surface area contributed by atoms with Gasteiger partial charge in [-0.25, -0.2) is 23.3 Å². The molecule has 1 saturated carbocycles. The summed E-state index contributed by atoms with van der Waals surface area (Å²) in [7, 11) is -3.80. The minimum absolute atomic E-state index is 0.00343. The van der Waals surface area contributed by atoms with E-state index in [2.05, 4.69) is 10.3 Å². The number of sulfonamides is 1. The lowest BCUT2D eigenvalue weighted by atomic mass is 9.86. The molecule has 1 aromatic carbocycles. The third-order valence-corrected chi connectivity index (χ3v) is 6.55. The highest BCUT2D eigenvalue weighted by Gasteiger charge is 2.26. The topological polar surface area (TPSA) is 122 Å². The summed E-state index contributed by atoms with van der Waals surface area (Å²) < 4.78 is 23.5. The second kappa shape index (κ2) is 7.11. The molecule has 2 aromatic rings. The Kier molecular flexibility index (Phi) is 5.07. The second-order valence-electron chi connectivity index (χ2n) is 6.10. The predicted octanol–water partition coefficient (Wildman–Crippen LogP) is 2.75. The van der Waals surface area contributed by atoms with Gasteiger partial charge in [-0.3, -0.25) is 0 Å². The molecule has 0 unspecified atom stereocenters. The molecule has 9 heteroatoms. The number of thiazole rings is 1. The first kappa shape index (κ1) is 17.8. The summed E-state index contributed by atoms with van der Waals surface area (Å²) in [5, 5.41) is 17.6. The van der Waals surface area contributed by atoms with Gasteiger partial charge in [0.05, 0.1) is 14.8 Å². The van der Waals surface area contributed by atoms with Crippen molar-refractivity contribution < 1.29 is 18.3 Å². The highest BCUT2D eigenvalue weighted by Crippen LogP contribution is 2.38. The zero-order valence-electron chi connectivity index (χ0n) is 13.4. The molecule has 0 spiro atoms. The Bertz CT molecular complexity index is 871. The van der Waals surface area contributed by atoms with Gasteiger partial charge in [-0.1, -0.05) is 18.2 Å². The van der Waals surface area contributed by atoms with Crippen molar-refractivity contribution in [3.05, 3.63) is 35.5 Å². The molecule has 1 aromatic heterocycles. The Morgan fingerprint density at radius 1 is 1.24 bits per heavy atom. The Labute approximate surface area is 150 Å². The SMILES string of the molecule is NS(=O)(=O)c1ccccc1-c1cnc(C2CCC(NC(=O)O)CC2)s1. The fourth-order valence-electron chi connectivity index (χ4n) is 3.18. The predicted molar refractivity (Wildman–Crippen MR) is 95.1 cm³/mol. The van der Waals surface area contributed by atoms with Gasteiger partial charge in [-0.2, -0.15) is 0 Å². The molecule has 7 nitrogen and oxygen atoms in total. The van der Waals surface area contributed by atoms with Gasteiger partial charge in [0.2, 0.25) is 10.0 Å². The number of benzene rings is 1. The van der Waals surface area contributed by atoms with E-state index < -0.39 is 16.1 Å². The number of aromatic nitrogens is 1. The van der Waals surface area contributed by atoms with Crippen molar-refractivity contribution in [1.29, 1.82) is 0 Å². The van der Waals surface area contributed by atoms with Crippen LogP contribution in [0.4, 0.5) is 4.79 Å². The van der Waals surface area contributed by atoms with Gasteiger partial charge in [0.15, 0.2) is 0 Å². The number of hydrogen-bond acceptors (Lipinski definition) is 5. The molecule has 1 heterocycles. The summed E-state index contributed by atoms with van der Waals surface area (Å²) >= 11 is 1.47. The van der Waals surface area contributed by atoms with Crippen LogP contribution in [0.1, 0.15) is 36.6 Å². The number of carboxylic acid groups (broad SMARTS) is 1. The van der Waals surface area contributed by atoms with Gasteiger partial charge < -0.3 is 10.4 Å². The minimum atomic E-state index is -3.80. The van der Waals surface area contributed by atoms with E-state index in [4.69, 9.17) is 10.2 Å². The van der Waals surface area contributed by atoms with E-state index in [1.165, 1.54) is 17.4 Å². The average molecular weight is 381 g/mol. The number of amides is 1. The molecule has 1 fully saturated rings. The second-order valence-corrected chi connectivity index (χ2v) is 8.69. The van der Waals surface area contributed by atoms with E-state index in [-0.39, 0.29) is 16.9 Å². The summed E-state index contributed by atoms with van der Waals surface area (Å²) in [4.78, 5) is 16.0. The van der Waals surface area contributed by atoms with Crippen LogP contribution in [0.3, 0.4) is 0 Å². The van der Waals surface area contributed by atoms with Crippen molar-refractivity contribution in [2.75, 3.05) is 0 Å². The van der Waals surface area contributed by atoms with Crippen molar-refractivity contribution in [3.63, 3.8) is 0 Å². The number of hydrogen-bond donors (Lipinski definition) is 3. The Hall–Kier alpha value is -1.97. The van der Waals surface area contributed by atoms with E-state index in [9.17, 15) is 13.2 Å². The summed E-state index contributed by atoms with van der Waals surface area (Å²) in [6, 6.07) is 6.63. The average Bonchev–Trinajstić information content (AvgIpc) is 3.04. The highest BCUT2D eigenvalue weighted by atomic mass is 32.2. The molecule has 25 heavy (non-hydrogen) atoms. The monoisotopic (exact) mass is 381 g/mol. The number of nitrogens with one attached hydrogen (secondary N) is 1. The maximum absolute atomic E-state index is 11.8. The van der Waals surface area contributed by atoms with Gasteiger partial charge in [0.1, 0.15) is 0 Å². The van der Waals surface area contributed by atoms with E-state index >= 15 is 0 Å². The Morgan fingerprint density at radius 2 is 1.92 bits per heavy atom. The van der Waals surface area contributed by atoms with Crippen LogP contribution in [-0.2, 0) is 10.0 Å². The van der Waals surface area contributed by atoms with E-state index in [1.54, 1.807) is 24.4 Å². The number of carbonyl (C=O) groups is 1. The summed E-state index contributed by atoms with van der Waals surface area (Å²) in [6.07, 6.45) is 3.97. The van der Waals surface area contributed by atoms with Crippen LogP contribution in [0, 0.1) is 0 Å². The number of nitrogens with two attached hydrogens (primary N) is 1. The first-order chi connectivity index (χ1) is 11.8. The maximum atomic E-state index is 11.8. The minimum Gasteiger partial charge on any atom is -0.465 e. The van der Waals surface area contributed by atoms with Crippen LogP contribution in [-0.4, -0.2) is 30.6 Å². The van der Waals surface area contributed by atoms with Crippen molar-refractivity contribution in [2.24, 2.45) is 5.14 Å². The lowest BCUT2D eigenvalue weighted by Crippen LogP contribution is -2.36. The fraction of sp³-hybridized carbons (Fsp3) is 0.375. The number of primary sulfonamides is 1. The molecule has 0 radical (unpaired) electrons. The standard InChI is InChI=1S/C16H19N3O4S2/c17-25(22,23)14-4-2-1-3-12(14)13-9-18-15(24-13)10-5-7-11(8-6-10)19-16(20)21/h1-4,9-11,19H,5-8H2,(H,20,21)(H2,17,22,23). The summed E-state index contributed by atoms with van der Waals surface area (Å²) in [6.45, 7) is 0. The van der Waals surface area contributed by atoms with Gasteiger partial charge in [0, 0.05) is 23.7 Å². The zero-order chi connectivity index (χ0) is 18.0. The molecule has 0 aliphatic heterocycles. The first-order valence-electron chi connectivity index (χ1n) is 7.92. The van der Waals surface area contributed by atoms with Crippen molar-refractivity contribution in [2.45, 2.75) is 42.5 Å². The van der Waals surface area contributed by atoms with Crippen LogP contribution in [0.2, 0.25) is 0 Å². The zero-order valence-corrected chi connectivity index (χ0v) is 15.0. The molecule has 1 amide bonds. The van der Waals surface area contributed by atoms with Crippen molar-refractivity contribution >= 4 is 27.5 Å². The largest absolute Gasteiger partial charge is 0.465 e. The van der Waals surface area contributed by atoms with E-state index in [0.717, 1.165) is 35.6 Å². The maximum Gasteiger partial charge on any atom is 0.404 e. The van der Waals surface area contributed by atoms with Crippen molar-refractivity contribution in [3.8, 4) is 10.4 Å². The quantitative estimate of drug-likeness (QED) is 0.751. The van der Waals surface area contributed by atoms with Gasteiger partial charge in [-0.15, -0.1) is 11.3 Å². The number of nitrogens with zero attached hydrogens (tertiary/aromatic N) is 1.